The van der Waals surface area contributed by atoms with E-state index in [1.54, 1.807) is 20.4 Å². The van der Waals surface area contributed by atoms with Crippen molar-refractivity contribution in [3.05, 3.63) is 83.9 Å². The maximum atomic E-state index is 5.23. The number of halogens is 1. The first-order valence-corrected chi connectivity index (χ1v) is 10.3. The fourth-order valence-corrected chi connectivity index (χ4v) is 3.27. The van der Waals surface area contributed by atoms with Crippen LogP contribution in [0.3, 0.4) is 0 Å². The van der Waals surface area contributed by atoms with Gasteiger partial charge in [0.25, 0.3) is 0 Å². The highest BCUT2D eigenvalue weighted by molar-refractivity contribution is 14.0. The zero-order chi connectivity index (χ0) is 21.2. The lowest BCUT2D eigenvalue weighted by atomic mass is 9.98. The van der Waals surface area contributed by atoms with Crippen LogP contribution < -0.4 is 15.4 Å². The number of rotatable bonds is 9. The SMILES string of the molecule is CN=C(NCCC(C)c1ccc(OC)cc1)NCc1ccc(Cn2ccnc2)cc1.I. The molecule has 7 heteroatoms. The number of nitrogens with zero attached hydrogens (tertiary/aromatic N) is 3. The fraction of sp³-hybridized carbons (Fsp3) is 0.333. The molecule has 3 rings (SSSR count). The lowest BCUT2D eigenvalue weighted by Gasteiger charge is -2.16. The molecule has 0 saturated carbocycles. The summed E-state index contributed by atoms with van der Waals surface area (Å²) in [4.78, 5) is 8.41. The van der Waals surface area contributed by atoms with Crippen molar-refractivity contribution in [3.63, 3.8) is 0 Å². The molecule has 0 aliphatic heterocycles. The van der Waals surface area contributed by atoms with Gasteiger partial charge in [-0.3, -0.25) is 4.99 Å². The van der Waals surface area contributed by atoms with Gasteiger partial charge in [-0.25, -0.2) is 4.98 Å². The molecule has 6 nitrogen and oxygen atoms in total. The Kier molecular flexibility index (Phi) is 10.4. The fourth-order valence-electron chi connectivity index (χ4n) is 3.27. The molecular formula is C24H32IN5O. The summed E-state index contributed by atoms with van der Waals surface area (Å²) < 4.78 is 7.29. The summed E-state index contributed by atoms with van der Waals surface area (Å²) in [5.41, 5.74) is 3.79. The first-order valence-electron chi connectivity index (χ1n) is 10.3. The van der Waals surface area contributed by atoms with Crippen LogP contribution in [-0.2, 0) is 13.1 Å². The molecule has 2 N–H and O–H groups in total. The quantitative estimate of drug-likeness (QED) is 0.243. The topological polar surface area (TPSA) is 63.5 Å². The predicted molar refractivity (Wildman–Crippen MR) is 137 cm³/mol. The van der Waals surface area contributed by atoms with E-state index in [1.807, 2.05) is 24.7 Å². The highest BCUT2D eigenvalue weighted by Gasteiger charge is 2.06. The van der Waals surface area contributed by atoms with E-state index in [9.17, 15) is 0 Å². The van der Waals surface area contributed by atoms with Crippen molar-refractivity contribution in [3.8, 4) is 5.75 Å². The van der Waals surface area contributed by atoms with Gasteiger partial charge in [0.1, 0.15) is 5.75 Å². The van der Waals surface area contributed by atoms with E-state index in [0.717, 1.165) is 37.8 Å². The van der Waals surface area contributed by atoms with Gasteiger partial charge in [-0.1, -0.05) is 43.3 Å². The van der Waals surface area contributed by atoms with Crippen LogP contribution >= 0.6 is 24.0 Å². The van der Waals surface area contributed by atoms with E-state index in [1.165, 1.54) is 16.7 Å². The molecule has 0 spiro atoms. The summed E-state index contributed by atoms with van der Waals surface area (Å²) in [5.74, 6) is 2.17. The molecular weight excluding hydrogens is 501 g/mol. The van der Waals surface area contributed by atoms with Crippen molar-refractivity contribution >= 4 is 29.9 Å². The van der Waals surface area contributed by atoms with Crippen LogP contribution in [0.15, 0.2) is 72.2 Å². The molecule has 0 amide bonds. The monoisotopic (exact) mass is 533 g/mol. The molecule has 0 aliphatic rings. The summed E-state index contributed by atoms with van der Waals surface area (Å²) in [6, 6.07) is 16.9. The van der Waals surface area contributed by atoms with Gasteiger partial charge in [0, 0.05) is 39.1 Å². The van der Waals surface area contributed by atoms with E-state index in [2.05, 4.69) is 68.5 Å². The minimum absolute atomic E-state index is 0. The summed E-state index contributed by atoms with van der Waals surface area (Å²) in [6.07, 6.45) is 6.63. The first-order chi connectivity index (χ1) is 14.7. The molecule has 1 unspecified atom stereocenters. The number of hydrogen-bond acceptors (Lipinski definition) is 3. The number of methoxy groups -OCH3 is 1. The second-order valence-corrected chi connectivity index (χ2v) is 7.37. The van der Waals surface area contributed by atoms with Crippen LogP contribution in [0.25, 0.3) is 0 Å². The van der Waals surface area contributed by atoms with Crippen molar-refractivity contribution in [2.45, 2.75) is 32.4 Å². The lowest BCUT2D eigenvalue weighted by Crippen LogP contribution is -2.37. The van der Waals surface area contributed by atoms with Crippen molar-refractivity contribution < 1.29 is 4.74 Å². The van der Waals surface area contributed by atoms with E-state index in [-0.39, 0.29) is 24.0 Å². The molecule has 1 heterocycles. The zero-order valence-electron chi connectivity index (χ0n) is 18.4. The third kappa shape index (κ3) is 7.90. The number of hydrogen-bond donors (Lipinski definition) is 2. The zero-order valence-corrected chi connectivity index (χ0v) is 20.7. The number of nitrogens with one attached hydrogen (secondary N) is 2. The minimum atomic E-state index is 0. The summed E-state index contributed by atoms with van der Waals surface area (Å²) in [5, 5.41) is 6.79. The maximum absolute atomic E-state index is 5.23. The van der Waals surface area contributed by atoms with Gasteiger partial charge in [-0.05, 0) is 41.2 Å². The largest absolute Gasteiger partial charge is 0.497 e. The van der Waals surface area contributed by atoms with Crippen LogP contribution in [0.5, 0.6) is 5.75 Å². The van der Waals surface area contributed by atoms with Gasteiger partial charge >= 0.3 is 0 Å². The van der Waals surface area contributed by atoms with Gasteiger partial charge in [-0.15, -0.1) is 24.0 Å². The van der Waals surface area contributed by atoms with Crippen molar-refractivity contribution in [2.24, 2.45) is 4.99 Å². The highest BCUT2D eigenvalue weighted by Crippen LogP contribution is 2.21. The van der Waals surface area contributed by atoms with Crippen molar-refractivity contribution in [2.75, 3.05) is 20.7 Å². The Bertz CT molecular complexity index is 908. The molecule has 31 heavy (non-hydrogen) atoms. The summed E-state index contributed by atoms with van der Waals surface area (Å²) in [6.45, 7) is 4.67. The van der Waals surface area contributed by atoms with Crippen LogP contribution in [-0.4, -0.2) is 36.2 Å². The van der Waals surface area contributed by atoms with Crippen LogP contribution in [0.2, 0.25) is 0 Å². The Morgan fingerprint density at radius 3 is 2.39 bits per heavy atom. The second kappa shape index (κ2) is 13.0. The first kappa shape index (κ1) is 24.7. The van der Waals surface area contributed by atoms with Gasteiger partial charge in [0.15, 0.2) is 5.96 Å². The highest BCUT2D eigenvalue weighted by atomic mass is 127. The van der Waals surface area contributed by atoms with Gasteiger partial charge < -0.3 is 19.9 Å². The predicted octanol–water partition coefficient (Wildman–Crippen LogP) is 4.42. The molecule has 0 bridgehead atoms. The Morgan fingerprint density at radius 2 is 1.77 bits per heavy atom. The lowest BCUT2D eigenvalue weighted by molar-refractivity contribution is 0.414. The number of benzene rings is 2. The number of guanidine groups is 1. The van der Waals surface area contributed by atoms with Crippen LogP contribution in [0.4, 0.5) is 0 Å². The summed E-state index contributed by atoms with van der Waals surface area (Å²) in [7, 11) is 3.49. The number of aromatic nitrogens is 2. The van der Waals surface area contributed by atoms with Gasteiger partial charge in [0.05, 0.1) is 13.4 Å². The average molecular weight is 533 g/mol. The third-order valence-corrected chi connectivity index (χ3v) is 5.19. The molecule has 0 aliphatic carbocycles. The molecule has 0 saturated heterocycles. The Morgan fingerprint density at radius 1 is 1.06 bits per heavy atom. The number of imidazole rings is 1. The van der Waals surface area contributed by atoms with Crippen molar-refractivity contribution in [1.82, 2.24) is 20.2 Å². The Balaban J connectivity index is 0.00000341. The van der Waals surface area contributed by atoms with E-state index in [0.29, 0.717) is 5.92 Å². The van der Waals surface area contributed by atoms with E-state index in [4.69, 9.17) is 4.74 Å². The number of aliphatic imine (C=N–C) groups is 1. The average Bonchev–Trinajstić information content (AvgIpc) is 3.30. The van der Waals surface area contributed by atoms with Crippen LogP contribution in [0, 0.1) is 0 Å². The maximum Gasteiger partial charge on any atom is 0.191 e. The molecule has 1 atom stereocenters. The molecule has 2 aromatic carbocycles. The molecule has 1 aromatic heterocycles. The van der Waals surface area contributed by atoms with Crippen molar-refractivity contribution in [1.29, 1.82) is 0 Å². The standard InChI is InChI=1S/C24H31N5O.HI/c1-19(22-8-10-23(30-3)11-9-22)12-13-27-24(25-2)28-16-20-4-6-21(7-5-20)17-29-15-14-26-18-29;/h4-11,14-15,18-19H,12-13,16-17H2,1-3H3,(H2,25,27,28);1H. The van der Waals surface area contributed by atoms with Crippen LogP contribution in [0.1, 0.15) is 36.0 Å². The van der Waals surface area contributed by atoms with Gasteiger partial charge in [-0.2, -0.15) is 0 Å². The normalized spacial score (nSPS) is 12.0. The van der Waals surface area contributed by atoms with E-state index < -0.39 is 0 Å². The minimum Gasteiger partial charge on any atom is -0.497 e. The Hall–Kier alpha value is -2.55. The van der Waals surface area contributed by atoms with E-state index >= 15 is 0 Å². The smallest absolute Gasteiger partial charge is 0.191 e. The molecule has 166 valence electrons. The Labute approximate surface area is 202 Å². The second-order valence-electron chi connectivity index (χ2n) is 7.37. The van der Waals surface area contributed by atoms with Gasteiger partial charge in [0.2, 0.25) is 0 Å². The summed E-state index contributed by atoms with van der Waals surface area (Å²) >= 11 is 0. The molecule has 0 radical (unpaired) electrons. The molecule has 3 aromatic rings. The third-order valence-electron chi connectivity index (χ3n) is 5.19. The molecule has 0 fully saturated rings. The number of ether oxygens (including phenoxy) is 1.